The van der Waals surface area contributed by atoms with Gasteiger partial charge < -0.3 is 4.74 Å². The molecule has 30 heavy (non-hydrogen) atoms. The fraction of sp³-hybridized carbons (Fsp3) is 0.304. The number of carbonyl (C=O) groups is 1. The van der Waals surface area contributed by atoms with Crippen LogP contribution in [0.4, 0.5) is 0 Å². The molecule has 0 saturated carbocycles. The fourth-order valence-corrected chi connectivity index (χ4v) is 5.06. The topological polar surface area (TPSA) is 73.6 Å². The highest BCUT2D eigenvalue weighted by atomic mass is 32.1. The molecule has 4 aromatic rings. The molecular formula is C23H21N3O3S. The molecule has 0 N–H and O–H groups in total. The summed E-state index contributed by atoms with van der Waals surface area (Å²) in [5.74, 6) is -0.379. The van der Waals surface area contributed by atoms with Gasteiger partial charge in [-0.05, 0) is 44.2 Å². The Hall–Kier alpha value is -3.06. The first-order chi connectivity index (χ1) is 14.6. The van der Waals surface area contributed by atoms with E-state index >= 15 is 0 Å². The normalized spacial score (nSPS) is 13.9. The van der Waals surface area contributed by atoms with Crippen LogP contribution in [0.25, 0.3) is 15.9 Å². The van der Waals surface area contributed by atoms with E-state index in [1.54, 1.807) is 4.40 Å². The van der Waals surface area contributed by atoms with Crippen LogP contribution in [0, 0.1) is 6.92 Å². The highest BCUT2D eigenvalue weighted by molar-refractivity contribution is 7.15. The van der Waals surface area contributed by atoms with Crippen molar-refractivity contribution in [1.82, 2.24) is 14.4 Å². The van der Waals surface area contributed by atoms with Crippen molar-refractivity contribution in [3.8, 4) is 0 Å². The lowest BCUT2D eigenvalue weighted by molar-refractivity contribution is 0.0468. The molecule has 1 aliphatic carbocycles. The molecule has 0 fully saturated rings. The molecule has 3 heterocycles. The van der Waals surface area contributed by atoms with Crippen LogP contribution < -0.4 is 5.56 Å². The van der Waals surface area contributed by atoms with Gasteiger partial charge in [-0.15, -0.1) is 11.3 Å². The van der Waals surface area contributed by atoms with Gasteiger partial charge in [0.15, 0.2) is 4.96 Å². The van der Waals surface area contributed by atoms with Crippen LogP contribution in [0.15, 0.2) is 40.5 Å². The number of benzene rings is 1. The number of carbonyl (C=O) groups excluding carboxylic acids is 1. The minimum atomic E-state index is -0.379. The van der Waals surface area contributed by atoms with Gasteiger partial charge in [0, 0.05) is 28.2 Å². The van der Waals surface area contributed by atoms with Crippen LogP contribution in [0.1, 0.15) is 52.3 Å². The fourth-order valence-electron chi connectivity index (χ4n) is 4.17. The Morgan fingerprint density at radius 2 is 2.00 bits per heavy atom. The van der Waals surface area contributed by atoms with E-state index < -0.39 is 0 Å². The average Bonchev–Trinajstić information content (AvgIpc) is 2.97. The molecule has 0 atom stereocenters. The smallest absolute Gasteiger partial charge is 0.339 e. The zero-order valence-electron chi connectivity index (χ0n) is 16.7. The summed E-state index contributed by atoms with van der Waals surface area (Å²) in [5, 5.41) is 2.71. The second-order valence-corrected chi connectivity index (χ2v) is 8.48. The molecule has 1 aliphatic rings. The lowest BCUT2D eigenvalue weighted by Crippen LogP contribution is -2.17. The Balaban J connectivity index is 1.51. The monoisotopic (exact) mass is 419 g/mol. The molecule has 0 unspecified atom stereocenters. The summed E-state index contributed by atoms with van der Waals surface area (Å²) in [5.41, 5.74) is 4.59. The molecule has 0 bridgehead atoms. The number of thiazole rings is 1. The van der Waals surface area contributed by atoms with Gasteiger partial charge in [0.1, 0.15) is 6.61 Å². The summed E-state index contributed by atoms with van der Waals surface area (Å²) in [4.78, 5) is 35.5. The standard InChI is InChI=1S/C23H21N3O3S/c1-14-13-30-23-24-15(11-20(27)26(14)23)12-29-22(28)21-16-7-3-2-4-9-18(16)25-19-10-6-5-8-17(19)21/h5-6,8,10-11,13H,2-4,7,9,12H2,1H3. The first kappa shape index (κ1) is 18.9. The van der Waals surface area contributed by atoms with Crippen LogP contribution in [0.3, 0.4) is 0 Å². The minimum Gasteiger partial charge on any atom is -0.456 e. The van der Waals surface area contributed by atoms with E-state index in [1.165, 1.54) is 17.4 Å². The number of para-hydroxylation sites is 1. The molecule has 0 radical (unpaired) electrons. The van der Waals surface area contributed by atoms with Crippen LogP contribution in [0.2, 0.25) is 0 Å². The summed E-state index contributed by atoms with van der Waals surface area (Å²) < 4.78 is 7.23. The highest BCUT2D eigenvalue weighted by Crippen LogP contribution is 2.29. The van der Waals surface area contributed by atoms with Crippen LogP contribution in [-0.4, -0.2) is 20.3 Å². The van der Waals surface area contributed by atoms with Crippen molar-refractivity contribution < 1.29 is 9.53 Å². The van der Waals surface area contributed by atoms with Gasteiger partial charge in [-0.2, -0.15) is 0 Å². The van der Waals surface area contributed by atoms with E-state index in [1.807, 2.05) is 36.6 Å². The second-order valence-electron chi connectivity index (χ2n) is 7.65. The van der Waals surface area contributed by atoms with Crippen molar-refractivity contribution in [2.75, 3.05) is 0 Å². The zero-order valence-corrected chi connectivity index (χ0v) is 17.5. The lowest BCUT2D eigenvalue weighted by atomic mass is 9.97. The first-order valence-corrected chi connectivity index (χ1v) is 11.0. The summed E-state index contributed by atoms with van der Waals surface area (Å²) >= 11 is 1.40. The number of aryl methyl sites for hydroxylation is 2. The van der Waals surface area contributed by atoms with Gasteiger partial charge in [-0.3, -0.25) is 14.2 Å². The highest BCUT2D eigenvalue weighted by Gasteiger charge is 2.23. The second kappa shape index (κ2) is 7.65. The number of hydrogen-bond donors (Lipinski definition) is 0. The average molecular weight is 420 g/mol. The molecule has 3 aromatic heterocycles. The van der Waals surface area contributed by atoms with Gasteiger partial charge in [0.2, 0.25) is 0 Å². The van der Waals surface area contributed by atoms with E-state index in [0.717, 1.165) is 60.0 Å². The van der Waals surface area contributed by atoms with Crippen molar-refractivity contribution >= 4 is 33.2 Å². The van der Waals surface area contributed by atoms with Gasteiger partial charge in [-0.1, -0.05) is 24.6 Å². The molecule has 0 spiro atoms. The first-order valence-electron chi connectivity index (χ1n) is 10.2. The van der Waals surface area contributed by atoms with E-state index in [0.29, 0.717) is 16.2 Å². The van der Waals surface area contributed by atoms with Gasteiger partial charge >= 0.3 is 5.97 Å². The maximum Gasteiger partial charge on any atom is 0.339 e. The third-order valence-corrected chi connectivity index (χ3v) is 6.55. The Labute approximate surface area is 177 Å². The summed E-state index contributed by atoms with van der Waals surface area (Å²) in [7, 11) is 0. The molecule has 152 valence electrons. The predicted molar refractivity (Wildman–Crippen MR) is 116 cm³/mol. The number of rotatable bonds is 3. The molecule has 5 rings (SSSR count). The SMILES string of the molecule is Cc1csc2nc(COC(=O)c3c4c(nc5ccccc35)CCCCC4)cc(=O)n12. The molecule has 0 saturated heterocycles. The van der Waals surface area contributed by atoms with Gasteiger partial charge in [0.05, 0.1) is 16.8 Å². The van der Waals surface area contributed by atoms with Crippen LogP contribution in [-0.2, 0) is 24.2 Å². The maximum atomic E-state index is 13.2. The lowest BCUT2D eigenvalue weighted by Gasteiger charge is -2.15. The number of ether oxygens (including phenoxy) is 1. The molecule has 0 amide bonds. The van der Waals surface area contributed by atoms with Crippen LogP contribution >= 0.6 is 11.3 Å². The number of aromatic nitrogens is 3. The maximum absolute atomic E-state index is 13.2. The number of hydrogen-bond acceptors (Lipinski definition) is 6. The van der Waals surface area contributed by atoms with E-state index in [-0.39, 0.29) is 18.1 Å². The summed E-state index contributed by atoms with van der Waals surface area (Å²) in [6.45, 7) is 1.83. The number of nitrogens with zero attached hydrogens (tertiary/aromatic N) is 3. The predicted octanol–water partition coefficient (Wildman–Crippen LogP) is 4.24. The molecule has 6 nitrogen and oxygen atoms in total. The van der Waals surface area contributed by atoms with Crippen LogP contribution in [0.5, 0.6) is 0 Å². The van der Waals surface area contributed by atoms with Gasteiger partial charge in [-0.25, -0.2) is 9.78 Å². The summed E-state index contributed by atoms with van der Waals surface area (Å²) in [6.07, 6.45) is 4.97. The van der Waals surface area contributed by atoms with Crippen molar-refractivity contribution in [3.63, 3.8) is 0 Å². The summed E-state index contributed by atoms with van der Waals surface area (Å²) in [6, 6.07) is 9.15. The van der Waals surface area contributed by atoms with Gasteiger partial charge in [0.25, 0.3) is 5.56 Å². The minimum absolute atomic E-state index is 0.0348. The third kappa shape index (κ3) is 3.29. The molecule has 0 aliphatic heterocycles. The third-order valence-electron chi connectivity index (χ3n) is 5.60. The molecule has 7 heteroatoms. The number of esters is 1. The Bertz CT molecular complexity index is 1340. The van der Waals surface area contributed by atoms with Crippen molar-refractivity contribution in [1.29, 1.82) is 0 Å². The van der Waals surface area contributed by atoms with E-state index in [2.05, 4.69) is 4.98 Å². The number of fused-ring (bicyclic) bond motifs is 3. The van der Waals surface area contributed by atoms with E-state index in [4.69, 9.17) is 9.72 Å². The van der Waals surface area contributed by atoms with Crippen molar-refractivity contribution in [2.24, 2.45) is 0 Å². The largest absolute Gasteiger partial charge is 0.456 e. The molecular weight excluding hydrogens is 398 g/mol. The van der Waals surface area contributed by atoms with Crippen molar-refractivity contribution in [2.45, 2.75) is 45.6 Å². The Morgan fingerprint density at radius 1 is 1.17 bits per heavy atom. The molecule has 1 aromatic carbocycles. The quantitative estimate of drug-likeness (QED) is 0.367. The van der Waals surface area contributed by atoms with E-state index in [9.17, 15) is 9.59 Å². The number of pyridine rings is 1. The Morgan fingerprint density at radius 3 is 2.90 bits per heavy atom. The zero-order chi connectivity index (χ0) is 20.7. The van der Waals surface area contributed by atoms with Crippen molar-refractivity contribution in [3.05, 3.63) is 74.3 Å². The Kier molecular flexibility index (Phi) is 4.83.